The summed E-state index contributed by atoms with van der Waals surface area (Å²) < 4.78 is 58.9. The van der Waals surface area contributed by atoms with Crippen LogP contribution in [-0.4, -0.2) is 18.5 Å². The Labute approximate surface area is 91.8 Å². The molecule has 0 aliphatic heterocycles. The second-order valence-electron chi connectivity index (χ2n) is 1.86. The molecule has 1 aromatic carbocycles. The average molecular weight is 315 g/mol. The molecule has 0 amide bonds. The van der Waals surface area contributed by atoms with E-state index in [2.05, 4.69) is 0 Å². The van der Waals surface area contributed by atoms with E-state index in [-0.39, 0.29) is 19.5 Å². The number of rotatable bonds is 0. The zero-order valence-corrected chi connectivity index (χ0v) is 9.06. The molecule has 0 radical (unpaired) electrons. The largest absolute Gasteiger partial charge is 2.00 e. The molecule has 1 aromatic rings. The van der Waals surface area contributed by atoms with Crippen LogP contribution in [0.5, 0.6) is 0 Å². The number of hydrogen-bond acceptors (Lipinski definition) is 3. The van der Waals surface area contributed by atoms with Gasteiger partial charge in [0.1, 0.15) is 0 Å². The van der Waals surface area contributed by atoms with E-state index in [1.165, 1.54) is 0 Å². The van der Waals surface area contributed by atoms with E-state index in [0.29, 0.717) is 0 Å². The smallest absolute Gasteiger partial charge is 0.741 e. The predicted octanol–water partition coefficient (Wildman–Crippen LogP) is 1.45. The monoisotopic (exact) mass is 316 g/mol. The van der Waals surface area contributed by atoms with Gasteiger partial charge in [0.25, 0.3) is 0 Å². The molecule has 0 spiro atoms. The van der Waals surface area contributed by atoms with Gasteiger partial charge in [0, 0.05) is 0 Å². The van der Waals surface area contributed by atoms with Gasteiger partial charge in [-0.15, -0.1) is 0 Å². The maximum absolute atomic E-state index is 10.7. The van der Waals surface area contributed by atoms with Gasteiger partial charge in [0.05, 0.1) is 0 Å². The van der Waals surface area contributed by atoms with E-state index < -0.39 is 15.6 Å². The van der Waals surface area contributed by atoms with Gasteiger partial charge in [0.2, 0.25) is 0 Å². The summed E-state index contributed by atoms with van der Waals surface area (Å²) >= 11 is 0. The molecule has 0 bridgehead atoms. The minimum Gasteiger partial charge on any atom is -0.741 e. The van der Waals surface area contributed by atoms with Crippen molar-refractivity contribution in [3.63, 3.8) is 0 Å². The fourth-order valence-corrected chi connectivity index (χ4v) is 0.321. The molecule has 0 heterocycles. The number of alkyl halides is 3. The van der Waals surface area contributed by atoms with E-state index in [1.54, 1.807) is 0 Å². The fourth-order valence-electron chi connectivity index (χ4n) is 0.321. The summed E-state index contributed by atoms with van der Waals surface area (Å²) in [5.74, 6) is 0. The summed E-state index contributed by atoms with van der Waals surface area (Å²) in [7, 11) is -6.09. The SMILES string of the molecule is O=S(=O)([O-])C(F)(F)F.[Ru+2].c1cc[cH-]c1. The van der Waals surface area contributed by atoms with Crippen LogP contribution in [0.15, 0.2) is 30.3 Å². The Bertz CT molecular complexity index is 299. The zero-order valence-electron chi connectivity index (χ0n) is 6.51. The Morgan fingerprint density at radius 2 is 1.43 bits per heavy atom. The van der Waals surface area contributed by atoms with Gasteiger partial charge in [-0.3, -0.25) is 0 Å². The maximum Gasteiger partial charge on any atom is 2.00 e. The minimum atomic E-state index is -6.09. The molecule has 0 atom stereocenters. The van der Waals surface area contributed by atoms with Gasteiger partial charge in [-0.05, 0) is 0 Å². The van der Waals surface area contributed by atoms with E-state index in [0.717, 1.165) is 0 Å². The molecule has 0 saturated carbocycles. The van der Waals surface area contributed by atoms with Crippen LogP contribution >= 0.6 is 0 Å². The van der Waals surface area contributed by atoms with Crippen molar-refractivity contribution >= 4 is 10.1 Å². The predicted molar refractivity (Wildman–Crippen MR) is 37.8 cm³/mol. The molecule has 0 saturated heterocycles. The van der Waals surface area contributed by atoms with Gasteiger partial charge in [-0.2, -0.15) is 31.4 Å². The van der Waals surface area contributed by atoms with E-state index in [1.807, 2.05) is 30.3 Å². The summed E-state index contributed by atoms with van der Waals surface area (Å²) in [5, 5.41) is 0. The first-order chi connectivity index (χ1) is 5.75. The van der Waals surface area contributed by atoms with E-state index >= 15 is 0 Å². The molecule has 0 aliphatic carbocycles. The van der Waals surface area contributed by atoms with Crippen LogP contribution in [0.2, 0.25) is 0 Å². The zero-order chi connectivity index (χ0) is 10.5. The van der Waals surface area contributed by atoms with Crippen molar-refractivity contribution in [3.05, 3.63) is 30.3 Å². The van der Waals surface area contributed by atoms with Crippen molar-refractivity contribution < 1.29 is 45.6 Å². The Hall–Kier alpha value is -0.327. The Morgan fingerprint density at radius 1 is 1.14 bits per heavy atom. The van der Waals surface area contributed by atoms with Crippen LogP contribution in [0, 0.1) is 0 Å². The van der Waals surface area contributed by atoms with Crippen LogP contribution in [0.4, 0.5) is 13.2 Å². The first-order valence-electron chi connectivity index (χ1n) is 2.94. The quantitative estimate of drug-likeness (QED) is 0.315. The molecule has 0 aromatic heterocycles. The molecule has 3 nitrogen and oxygen atoms in total. The van der Waals surface area contributed by atoms with Crippen molar-refractivity contribution in [2.24, 2.45) is 0 Å². The molecule has 14 heavy (non-hydrogen) atoms. The Balaban J connectivity index is 0. The first-order valence-corrected chi connectivity index (χ1v) is 4.35. The third kappa shape index (κ3) is 7.11. The third-order valence-electron chi connectivity index (χ3n) is 0.839. The van der Waals surface area contributed by atoms with Crippen molar-refractivity contribution in [1.29, 1.82) is 0 Å². The molecule has 8 heteroatoms. The molecule has 0 fully saturated rings. The third-order valence-corrected chi connectivity index (χ3v) is 1.41. The van der Waals surface area contributed by atoms with Gasteiger partial charge >= 0.3 is 25.0 Å². The summed E-state index contributed by atoms with van der Waals surface area (Å²) in [6.07, 6.45) is 0. The molecule has 1 rings (SSSR count). The standard InChI is InChI=1S/C5H5.CHF3O3S.Ru/c1-2-4-5-3-1;2-1(3,4)8(5,6)7;/h1-5H;(H,5,6,7);/q-1;;+2/p-1. The topological polar surface area (TPSA) is 57.2 Å². The average Bonchev–Trinajstić information content (AvgIpc) is 2.35. The summed E-state index contributed by atoms with van der Waals surface area (Å²) in [6, 6.07) is 10.0. The molecular weight excluding hydrogens is 310 g/mol. The molecule has 0 unspecified atom stereocenters. The first kappa shape index (κ1) is 16.1. The van der Waals surface area contributed by atoms with Gasteiger partial charge in [-0.1, -0.05) is 0 Å². The van der Waals surface area contributed by atoms with Crippen molar-refractivity contribution in [3.8, 4) is 0 Å². The summed E-state index contributed by atoms with van der Waals surface area (Å²) in [4.78, 5) is 0. The van der Waals surface area contributed by atoms with Gasteiger partial charge in [0.15, 0.2) is 10.1 Å². The van der Waals surface area contributed by atoms with E-state index in [4.69, 9.17) is 13.0 Å². The molecule has 82 valence electrons. The van der Waals surface area contributed by atoms with Crippen LogP contribution in [0.3, 0.4) is 0 Å². The fraction of sp³-hybridized carbons (Fsp3) is 0.167. The second kappa shape index (κ2) is 6.21. The van der Waals surface area contributed by atoms with Crippen LogP contribution < -0.4 is 0 Å². The number of halogens is 3. The van der Waals surface area contributed by atoms with Gasteiger partial charge in [-0.25, -0.2) is 20.6 Å². The molecule has 0 aliphatic rings. The van der Waals surface area contributed by atoms with Crippen molar-refractivity contribution in [2.75, 3.05) is 0 Å². The molecular formula is C6H5F3O3RuS. The van der Waals surface area contributed by atoms with E-state index in [9.17, 15) is 13.2 Å². The van der Waals surface area contributed by atoms with Crippen molar-refractivity contribution in [1.82, 2.24) is 0 Å². The van der Waals surface area contributed by atoms with Crippen LogP contribution in [0.25, 0.3) is 0 Å². The minimum absolute atomic E-state index is 0. The second-order valence-corrected chi connectivity index (χ2v) is 3.23. The van der Waals surface area contributed by atoms with Crippen molar-refractivity contribution in [2.45, 2.75) is 5.51 Å². The molecule has 0 N–H and O–H groups in total. The summed E-state index contributed by atoms with van der Waals surface area (Å²) in [5.41, 5.74) is -5.65. The number of hydrogen-bond donors (Lipinski definition) is 0. The maximum atomic E-state index is 10.7. The van der Waals surface area contributed by atoms with Crippen LogP contribution in [0.1, 0.15) is 0 Å². The Morgan fingerprint density at radius 3 is 1.50 bits per heavy atom. The summed E-state index contributed by atoms with van der Waals surface area (Å²) in [6.45, 7) is 0. The normalized spacial score (nSPS) is 10.9. The Kier molecular flexibility index (Phi) is 7.15. The van der Waals surface area contributed by atoms with Gasteiger partial charge < -0.3 is 4.55 Å². The van der Waals surface area contributed by atoms with Crippen LogP contribution in [-0.2, 0) is 29.6 Å².